The molecule has 34 heavy (non-hydrogen) atoms. The van der Waals surface area contributed by atoms with Gasteiger partial charge in [0.2, 0.25) is 11.8 Å². The molecule has 0 radical (unpaired) electrons. The number of thioether (sulfide) groups is 1. The van der Waals surface area contributed by atoms with Crippen LogP contribution in [-0.2, 0) is 18.7 Å². The maximum atomic E-state index is 13.3. The van der Waals surface area contributed by atoms with Crippen molar-refractivity contribution in [3.8, 4) is 5.75 Å². The fourth-order valence-corrected chi connectivity index (χ4v) is 4.46. The van der Waals surface area contributed by atoms with Gasteiger partial charge in [0.05, 0.1) is 36.7 Å². The number of ether oxygens (including phenoxy) is 1. The second-order valence-corrected chi connectivity index (χ2v) is 8.63. The molecule has 2 heterocycles. The lowest BCUT2D eigenvalue weighted by Gasteiger charge is -2.13. The summed E-state index contributed by atoms with van der Waals surface area (Å²) < 4.78 is 12.8. The molecule has 0 unspecified atom stereocenters. The standard InChI is InChI=1S/C26H22N4O3S/c1-32-20-13-11-19(12-14-20)16-30-25(31)21-9-5-6-10-22(21)27-26(30)34-17-24-29-28-23(33-24)15-18-7-3-2-4-8-18/h2-14H,15-17H2,1H3. The monoisotopic (exact) mass is 470 g/mol. The van der Waals surface area contributed by atoms with E-state index in [9.17, 15) is 4.79 Å². The number of hydrogen-bond acceptors (Lipinski definition) is 7. The van der Waals surface area contributed by atoms with Gasteiger partial charge in [-0.15, -0.1) is 10.2 Å². The normalized spacial score (nSPS) is 11.1. The Bertz CT molecular complexity index is 1460. The average molecular weight is 471 g/mol. The molecule has 0 aliphatic rings. The molecule has 0 aliphatic carbocycles. The van der Waals surface area contributed by atoms with Crippen LogP contribution in [0.15, 0.2) is 93.2 Å². The Morgan fingerprint density at radius 3 is 2.41 bits per heavy atom. The number of methoxy groups -OCH3 is 1. The molecule has 0 amide bonds. The van der Waals surface area contributed by atoms with Crippen LogP contribution in [0.4, 0.5) is 0 Å². The maximum Gasteiger partial charge on any atom is 0.262 e. The van der Waals surface area contributed by atoms with Gasteiger partial charge in [0.25, 0.3) is 5.56 Å². The minimum absolute atomic E-state index is 0.0841. The van der Waals surface area contributed by atoms with Crippen LogP contribution in [-0.4, -0.2) is 26.9 Å². The average Bonchev–Trinajstić information content (AvgIpc) is 3.33. The zero-order valence-electron chi connectivity index (χ0n) is 18.5. The second kappa shape index (κ2) is 9.93. The van der Waals surface area contributed by atoms with E-state index in [-0.39, 0.29) is 5.56 Å². The predicted molar refractivity (Wildman–Crippen MR) is 131 cm³/mol. The Balaban J connectivity index is 1.40. The van der Waals surface area contributed by atoms with Gasteiger partial charge >= 0.3 is 0 Å². The molecule has 7 nitrogen and oxygen atoms in total. The minimum atomic E-state index is -0.0841. The molecular weight excluding hydrogens is 448 g/mol. The molecule has 0 bridgehead atoms. The summed E-state index contributed by atoms with van der Waals surface area (Å²) in [4.78, 5) is 18.1. The van der Waals surface area contributed by atoms with Crippen molar-refractivity contribution in [3.05, 3.63) is 112 Å². The molecule has 0 saturated carbocycles. The van der Waals surface area contributed by atoms with Gasteiger partial charge in [-0.05, 0) is 35.4 Å². The molecule has 2 aromatic heterocycles. The molecular formula is C26H22N4O3S. The molecule has 0 fully saturated rings. The SMILES string of the molecule is COc1ccc(Cn2c(SCc3nnc(Cc4ccccc4)o3)nc3ccccc3c2=O)cc1. The number of hydrogen-bond donors (Lipinski definition) is 0. The Morgan fingerprint density at radius 2 is 1.62 bits per heavy atom. The van der Waals surface area contributed by atoms with Crippen molar-refractivity contribution >= 4 is 22.7 Å². The number of nitrogens with zero attached hydrogens (tertiary/aromatic N) is 4. The lowest BCUT2D eigenvalue weighted by molar-refractivity contribution is 0.414. The molecule has 5 aromatic rings. The molecule has 5 rings (SSSR count). The van der Waals surface area contributed by atoms with E-state index < -0.39 is 0 Å². The van der Waals surface area contributed by atoms with Crippen LogP contribution in [0.5, 0.6) is 5.75 Å². The Kier molecular flexibility index (Phi) is 6.40. The Hall–Kier alpha value is -3.91. The van der Waals surface area contributed by atoms with Crippen molar-refractivity contribution in [1.29, 1.82) is 0 Å². The highest BCUT2D eigenvalue weighted by Crippen LogP contribution is 2.23. The molecule has 0 saturated heterocycles. The van der Waals surface area contributed by atoms with E-state index in [1.165, 1.54) is 11.8 Å². The fraction of sp³-hybridized carbons (Fsp3) is 0.154. The molecule has 3 aromatic carbocycles. The van der Waals surface area contributed by atoms with E-state index in [0.717, 1.165) is 16.9 Å². The summed E-state index contributed by atoms with van der Waals surface area (Å²) in [6.07, 6.45) is 0.578. The molecule has 8 heteroatoms. The summed E-state index contributed by atoms with van der Waals surface area (Å²) in [5.74, 6) is 2.23. The third kappa shape index (κ3) is 4.87. The lowest BCUT2D eigenvalue weighted by atomic mass is 10.2. The largest absolute Gasteiger partial charge is 0.497 e. The van der Waals surface area contributed by atoms with Crippen molar-refractivity contribution in [2.45, 2.75) is 23.9 Å². The first-order chi connectivity index (χ1) is 16.7. The van der Waals surface area contributed by atoms with E-state index in [1.807, 2.05) is 72.8 Å². The number of para-hydroxylation sites is 1. The van der Waals surface area contributed by atoms with Crippen molar-refractivity contribution in [2.24, 2.45) is 0 Å². The predicted octanol–water partition coefficient (Wildman–Crippen LogP) is 4.72. The van der Waals surface area contributed by atoms with Gasteiger partial charge in [0.1, 0.15) is 5.75 Å². The number of benzene rings is 3. The highest BCUT2D eigenvalue weighted by Gasteiger charge is 2.14. The summed E-state index contributed by atoms with van der Waals surface area (Å²) in [5, 5.41) is 9.53. The number of aromatic nitrogens is 4. The van der Waals surface area contributed by atoms with Crippen LogP contribution in [0.25, 0.3) is 10.9 Å². The van der Waals surface area contributed by atoms with Crippen LogP contribution < -0.4 is 10.3 Å². The first kappa shape index (κ1) is 21.9. The number of rotatable bonds is 8. The van der Waals surface area contributed by atoms with Gasteiger partial charge in [-0.2, -0.15) is 0 Å². The summed E-state index contributed by atoms with van der Waals surface area (Å²) >= 11 is 1.41. The Labute approximate surface area is 200 Å². The number of fused-ring (bicyclic) bond motifs is 1. The quantitative estimate of drug-likeness (QED) is 0.240. The zero-order chi connectivity index (χ0) is 23.3. The van der Waals surface area contributed by atoms with Gasteiger partial charge in [-0.3, -0.25) is 9.36 Å². The van der Waals surface area contributed by atoms with Crippen LogP contribution >= 0.6 is 11.8 Å². The first-order valence-corrected chi connectivity index (χ1v) is 11.8. The molecule has 0 N–H and O–H groups in total. The van der Waals surface area contributed by atoms with Gasteiger partial charge < -0.3 is 9.15 Å². The molecule has 170 valence electrons. The summed E-state index contributed by atoms with van der Waals surface area (Å²) in [5.41, 5.74) is 2.66. The highest BCUT2D eigenvalue weighted by molar-refractivity contribution is 7.98. The van der Waals surface area contributed by atoms with Gasteiger partial charge in [0.15, 0.2) is 5.16 Å². The fourth-order valence-electron chi connectivity index (χ4n) is 3.63. The van der Waals surface area contributed by atoms with Crippen LogP contribution in [0.3, 0.4) is 0 Å². The second-order valence-electron chi connectivity index (χ2n) is 7.69. The van der Waals surface area contributed by atoms with Crippen molar-refractivity contribution in [2.75, 3.05) is 7.11 Å². The third-order valence-electron chi connectivity index (χ3n) is 5.36. The smallest absolute Gasteiger partial charge is 0.262 e. The minimum Gasteiger partial charge on any atom is -0.497 e. The van der Waals surface area contributed by atoms with E-state index in [0.29, 0.717) is 46.6 Å². The van der Waals surface area contributed by atoms with Crippen LogP contribution in [0.2, 0.25) is 0 Å². The van der Waals surface area contributed by atoms with Crippen molar-refractivity contribution < 1.29 is 9.15 Å². The van der Waals surface area contributed by atoms with Gasteiger partial charge in [0, 0.05) is 0 Å². The van der Waals surface area contributed by atoms with Crippen molar-refractivity contribution in [1.82, 2.24) is 19.7 Å². The lowest BCUT2D eigenvalue weighted by Crippen LogP contribution is -2.24. The maximum absolute atomic E-state index is 13.3. The van der Waals surface area contributed by atoms with E-state index in [4.69, 9.17) is 14.1 Å². The summed E-state index contributed by atoms with van der Waals surface area (Å²) in [7, 11) is 1.63. The molecule has 0 aliphatic heterocycles. The van der Waals surface area contributed by atoms with E-state index in [1.54, 1.807) is 17.7 Å². The van der Waals surface area contributed by atoms with E-state index in [2.05, 4.69) is 10.2 Å². The Morgan fingerprint density at radius 1 is 0.882 bits per heavy atom. The first-order valence-electron chi connectivity index (χ1n) is 10.8. The van der Waals surface area contributed by atoms with Crippen molar-refractivity contribution in [3.63, 3.8) is 0 Å². The van der Waals surface area contributed by atoms with Gasteiger partial charge in [-0.25, -0.2) is 4.98 Å². The summed E-state index contributed by atoms with van der Waals surface area (Å²) in [6, 6.07) is 25.0. The van der Waals surface area contributed by atoms with E-state index >= 15 is 0 Å². The van der Waals surface area contributed by atoms with Gasteiger partial charge in [-0.1, -0.05) is 66.4 Å². The molecule has 0 atom stereocenters. The zero-order valence-corrected chi connectivity index (χ0v) is 19.4. The van der Waals surface area contributed by atoms with Crippen LogP contribution in [0.1, 0.15) is 22.9 Å². The topological polar surface area (TPSA) is 83.0 Å². The molecule has 0 spiro atoms. The third-order valence-corrected chi connectivity index (χ3v) is 6.32. The van der Waals surface area contributed by atoms with Crippen LogP contribution in [0, 0.1) is 0 Å². The highest BCUT2D eigenvalue weighted by atomic mass is 32.2. The summed E-state index contributed by atoms with van der Waals surface area (Å²) in [6.45, 7) is 0.395.